The average molecular weight is 453 g/mol. The van der Waals surface area contributed by atoms with Crippen LogP contribution in [0.5, 0.6) is 0 Å². The summed E-state index contributed by atoms with van der Waals surface area (Å²) in [5.74, 6) is -0.501. The second kappa shape index (κ2) is 8.42. The SMILES string of the molecule is Cc1c(-c2ccc(Cl)cc2)c(C(=O)N(C)Cc2ccnn2C)n(C(C)C)c1C(F)(F)F. The van der Waals surface area contributed by atoms with Gasteiger partial charge in [0.2, 0.25) is 0 Å². The zero-order valence-electron chi connectivity index (χ0n) is 18.0. The number of carbonyl (C=O) groups is 1. The maximum Gasteiger partial charge on any atom is 0.431 e. The predicted molar refractivity (Wildman–Crippen MR) is 114 cm³/mol. The molecule has 166 valence electrons. The number of rotatable bonds is 5. The summed E-state index contributed by atoms with van der Waals surface area (Å²) in [6.45, 7) is 4.89. The molecule has 2 aromatic heterocycles. The van der Waals surface area contributed by atoms with Crippen molar-refractivity contribution in [3.05, 3.63) is 64.2 Å². The minimum atomic E-state index is -4.62. The Hall–Kier alpha value is -2.74. The summed E-state index contributed by atoms with van der Waals surface area (Å²) in [6, 6.07) is 7.65. The Morgan fingerprint density at radius 1 is 1.19 bits per heavy atom. The lowest BCUT2D eigenvalue weighted by atomic mass is 10.00. The van der Waals surface area contributed by atoms with Crippen LogP contribution in [0.3, 0.4) is 0 Å². The first-order valence-corrected chi connectivity index (χ1v) is 10.1. The largest absolute Gasteiger partial charge is 0.431 e. The van der Waals surface area contributed by atoms with Crippen molar-refractivity contribution >= 4 is 17.5 Å². The molecule has 3 aromatic rings. The van der Waals surface area contributed by atoms with E-state index in [0.29, 0.717) is 10.6 Å². The molecule has 0 saturated heterocycles. The van der Waals surface area contributed by atoms with Crippen LogP contribution < -0.4 is 0 Å². The Bertz CT molecular complexity index is 1100. The van der Waals surface area contributed by atoms with Gasteiger partial charge < -0.3 is 9.47 Å². The highest BCUT2D eigenvalue weighted by molar-refractivity contribution is 6.30. The van der Waals surface area contributed by atoms with E-state index < -0.39 is 23.8 Å². The fourth-order valence-electron chi connectivity index (χ4n) is 3.81. The number of hydrogen-bond donors (Lipinski definition) is 0. The highest BCUT2D eigenvalue weighted by Gasteiger charge is 2.42. The second-order valence-electron chi connectivity index (χ2n) is 7.77. The molecule has 5 nitrogen and oxygen atoms in total. The van der Waals surface area contributed by atoms with Crippen molar-refractivity contribution in [2.75, 3.05) is 7.05 Å². The third kappa shape index (κ3) is 4.35. The van der Waals surface area contributed by atoms with Crippen LogP contribution in [-0.2, 0) is 19.8 Å². The highest BCUT2D eigenvalue weighted by Crippen LogP contribution is 2.43. The molecular weight excluding hydrogens is 429 g/mol. The maximum atomic E-state index is 14.1. The highest BCUT2D eigenvalue weighted by atomic mass is 35.5. The summed E-state index contributed by atoms with van der Waals surface area (Å²) in [5, 5.41) is 4.54. The molecule has 31 heavy (non-hydrogen) atoms. The first-order valence-electron chi connectivity index (χ1n) is 9.73. The molecule has 0 aliphatic heterocycles. The van der Waals surface area contributed by atoms with Gasteiger partial charge in [0, 0.05) is 36.9 Å². The topological polar surface area (TPSA) is 43.1 Å². The fourth-order valence-corrected chi connectivity index (χ4v) is 3.93. The molecule has 0 fully saturated rings. The summed E-state index contributed by atoms with van der Waals surface area (Å²) in [7, 11) is 3.32. The Labute approximate surface area is 184 Å². The Morgan fingerprint density at radius 2 is 1.81 bits per heavy atom. The van der Waals surface area contributed by atoms with E-state index in [-0.39, 0.29) is 23.4 Å². The molecule has 0 N–H and O–H groups in total. The van der Waals surface area contributed by atoms with Gasteiger partial charge >= 0.3 is 6.18 Å². The molecule has 0 spiro atoms. The number of halogens is 4. The molecule has 3 rings (SSSR count). The summed E-state index contributed by atoms with van der Waals surface area (Å²) >= 11 is 5.98. The standard InChI is InChI=1S/C22H24ClF3N4O/c1-13(2)30-19(21(31)28(4)12-17-10-11-27-29(17)5)18(14(3)20(30)22(24,25)26)15-6-8-16(23)9-7-15/h6-11,13H,12H2,1-5H3. The van der Waals surface area contributed by atoms with E-state index in [0.717, 1.165) is 10.3 Å². The van der Waals surface area contributed by atoms with Crippen LogP contribution in [0.4, 0.5) is 13.2 Å². The van der Waals surface area contributed by atoms with Crippen molar-refractivity contribution in [1.29, 1.82) is 0 Å². The van der Waals surface area contributed by atoms with Gasteiger partial charge in [-0.15, -0.1) is 0 Å². The van der Waals surface area contributed by atoms with Crippen LogP contribution in [0.15, 0.2) is 36.5 Å². The van der Waals surface area contributed by atoms with Crippen LogP contribution in [0, 0.1) is 6.92 Å². The molecule has 0 aliphatic rings. The molecule has 2 heterocycles. The van der Waals surface area contributed by atoms with Crippen molar-refractivity contribution in [2.45, 2.75) is 39.5 Å². The van der Waals surface area contributed by atoms with E-state index in [4.69, 9.17) is 11.6 Å². The minimum absolute atomic E-state index is 0.00631. The molecule has 0 unspecified atom stereocenters. The Kier molecular flexibility index (Phi) is 6.23. The first-order chi connectivity index (χ1) is 14.4. The zero-order valence-corrected chi connectivity index (χ0v) is 18.7. The van der Waals surface area contributed by atoms with Crippen molar-refractivity contribution < 1.29 is 18.0 Å². The molecule has 1 amide bonds. The number of carbonyl (C=O) groups excluding carboxylic acids is 1. The smallest absolute Gasteiger partial charge is 0.335 e. The van der Waals surface area contributed by atoms with E-state index in [1.807, 2.05) is 0 Å². The van der Waals surface area contributed by atoms with Gasteiger partial charge in [-0.05, 0) is 50.1 Å². The minimum Gasteiger partial charge on any atom is -0.335 e. The lowest BCUT2D eigenvalue weighted by Gasteiger charge is -2.23. The van der Waals surface area contributed by atoms with Gasteiger partial charge in [-0.3, -0.25) is 9.48 Å². The normalized spacial score (nSPS) is 11.9. The summed E-state index contributed by atoms with van der Waals surface area (Å²) < 4.78 is 45.0. The molecule has 1 aromatic carbocycles. The lowest BCUT2D eigenvalue weighted by molar-refractivity contribution is -0.144. The van der Waals surface area contributed by atoms with Gasteiger partial charge in [0.25, 0.3) is 5.91 Å². The summed E-state index contributed by atoms with van der Waals surface area (Å²) in [4.78, 5) is 15.0. The zero-order chi connectivity index (χ0) is 23.1. The van der Waals surface area contributed by atoms with Crippen LogP contribution in [0.2, 0.25) is 5.02 Å². The maximum absolute atomic E-state index is 14.1. The van der Waals surface area contributed by atoms with E-state index >= 15 is 0 Å². The molecule has 0 aliphatic carbocycles. The van der Waals surface area contributed by atoms with Gasteiger partial charge in [-0.25, -0.2) is 0 Å². The van der Waals surface area contributed by atoms with Crippen molar-refractivity contribution in [3.8, 4) is 11.1 Å². The monoisotopic (exact) mass is 452 g/mol. The van der Waals surface area contributed by atoms with Crippen LogP contribution in [0.25, 0.3) is 11.1 Å². The Balaban J connectivity index is 2.24. The second-order valence-corrected chi connectivity index (χ2v) is 8.21. The number of aromatic nitrogens is 3. The van der Waals surface area contributed by atoms with E-state index in [2.05, 4.69) is 5.10 Å². The van der Waals surface area contributed by atoms with E-state index in [1.54, 1.807) is 69.2 Å². The van der Waals surface area contributed by atoms with Crippen LogP contribution >= 0.6 is 11.6 Å². The van der Waals surface area contributed by atoms with Crippen LogP contribution in [0.1, 0.15) is 47.3 Å². The quantitative estimate of drug-likeness (QED) is 0.496. The Morgan fingerprint density at radius 3 is 2.29 bits per heavy atom. The summed E-state index contributed by atoms with van der Waals surface area (Å²) in [5.41, 5.74) is 0.736. The molecular formula is C22H24ClF3N4O. The molecule has 0 bridgehead atoms. The van der Waals surface area contributed by atoms with Gasteiger partial charge in [-0.2, -0.15) is 18.3 Å². The third-order valence-corrected chi connectivity index (χ3v) is 5.49. The number of nitrogens with zero attached hydrogens (tertiary/aromatic N) is 4. The number of aryl methyl sites for hydroxylation is 1. The first kappa shape index (κ1) is 22.9. The number of benzene rings is 1. The molecule has 0 radical (unpaired) electrons. The third-order valence-electron chi connectivity index (χ3n) is 5.24. The van der Waals surface area contributed by atoms with Gasteiger partial charge in [0.1, 0.15) is 11.4 Å². The van der Waals surface area contributed by atoms with Crippen LogP contribution in [-0.4, -0.2) is 32.2 Å². The molecule has 0 saturated carbocycles. The van der Waals surface area contributed by atoms with E-state index in [9.17, 15) is 18.0 Å². The van der Waals surface area contributed by atoms with Crippen molar-refractivity contribution in [1.82, 2.24) is 19.2 Å². The van der Waals surface area contributed by atoms with Gasteiger partial charge in [-0.1, -0.05) is 23.7 Å². The van der Waals surface area contributed by atoms with Crippen molar-refractivity contribution in [2.24, 2.45) is 7.05 Å². The predicted octanol–water partition coefficient (Wildman–Crippen LogP) is 5.72. The lowest BCUT2D eigenvalue weighted by Crippen LogP contribution is -2.31. The molecule has 9 heteroatoms. The summed E-state index contributed by atoms with van der Waals surface area (Å²) in [6.07, 6.45) is -3.01. The van der Waals surface area contributed by atoms with Gasteiger partial charge in [0.15, 0.2) is 0 Å². The van der Waals surface area contributed by atoms with E-state index in [1.165, 1.54) is 11.8 Å². The molecule has 0 atom stereocenters. The fraction of sp³-hybridized carbons (Fsp3) is 0.364. The average Bonchev–Trinajstić information content (AvgIpc) is 3.22. The van der Waals surface area contributed by atoms with Gasteiger partial charge in [0.05, 0.1) is 12.2 Å². The van der Waals surface area contributed by atoms with Crippen molar-refractivity contribution in [3.63, 3.8) is 0 Å². The number of alkyl halides is 3. The number of hydrogen-bond acceptors (Lipinski definition) is 2. The number of amides is 1.